The van der Waals surface area contributed by atoms with Crippen molar-refractivity contribution >= 4 is 29.3 Å². The van der Waals surface area contributed by atoms with E-state index in [1.807, 2.05) is 24.4 Å². The minimum absolute atomic E-state index is 0.534. The molecule has 5 heteroatoms. The summed E-state index contributed by atoms with van der Waals surface area (Å²) in [5, 5.41) is 4.20. The molecule has 1 aromatic carbocycles. The van der Waals surface area contributed by atoms with E-state index < -0.39 is 0 Å². The summed E-state index contributed by atoms with van der Waals surface area (Å²) >= 11 is 11.9. The second-order valence-electron chi connectivity index (χ2n) is 3.79. The number of H-pyrrole nitrogens is 1. The van der Waals surface area contributed by atoms with Crippen molar-refractivity contribution < 1.29 is 0 Å². The summed E-state index contributed by atoms with van der Waals surface area (Å²) in [6.45, 7) is 0.740. The second-order valence-corrected chi connectivity index (χ2v) is 4.60. The van der Waals surface area contributed by atoms with Crippen LogP contribution in [0.4, 0.5) is 0 Å². The number of aromatic amines is 1. The van der Waals surface area contributed by atoms with Crippen LogP contribution < -0.4 is 5.32 Å². The number of nitrogens with zero attached hydrogens (tertiary/aromatic N) is 1. The van der Waals surface area contributed by atoms with Crippen molar-refractivity contribution in [1.82, 2.24) is 15.3 Å². The Balaban J connectivity index is 2.06. The molecule has 0 atom stereocenters. The summed E-state index contributed by atoms with van der Waals surface area (Å²) in [6, 6.07) is 5.48. The Hall–Kier alpha value is -1.45. The van der Waals surface area contributed by atoms with E-state index in [4.69, 9.17) is 23.2 Å². The van der Waals surface area contributed by atoms with Crippen LogP contribution in [0.2, 0.25) is 10.0 Å². The molecule has 0 radical (unpaired) electrons. The molecule has 0 spiro atoms. The zero-order chi connectivity index (χ0) is 11.8. The number of aromatic nitrogens is 2. The largest absolute Gasteiger partial charge is 0.385 e. The molecule has 3 nitrogen and oxygen atoms in total. The molecule has 17 heavy (non-hydrogen) atoms. The molecule has 0 saturated carbocycles. The molecule has 0 aliphatic carbocycles. The van der Waals surface area contributed by atoms with Gasteiger partial charge in [0.15, 0.2) is 0 Å². The fourth-order valence-electron chi connectivity index (χ4n) is 1.77. The quantitative estimate of drug-likeness (QED) is 0.829. The molecule has 0 bridgehead atoms. The van der Waals surface area contributed by atoms with E-state index in [1.165, 1.54) is 0 Å². The third-order valence-corrected chi connectivity index (χ3v) is 3.38. The van der Waals surface area contributed by atoms with Crippen molar-refractivity contribution in [2.45, 2.75) is 6.54 Å². The molecule has 86 valence electrons. The molecule has 1 aliphatic heterocycles. The van der Waals surface area contributed by atoms with Gasteiger partial charge in [0.05, 0.1) is 28.0 Å². The van der Waals surface area contributed by atoms with Crippen molar-refractivity contribution in [3.8, 4) is 11.4 Å². The lowest BCUT2D eigenvalue weighted by Crippen LogP contribution is -2.09. The summed E-state index contributed by atoms with van der Waals surface area (Å²) in [7, 11) is 0. The fraction of sp³-hybridized carbons (Fsp3) is 0.0833. The van der Waals surface area contributed by atoms with E-state index in [2.05, 4.69) is 15.3 Å². The first-order valence-corrected chi connectivity index (χ1v) is 5.94. The Morgan fingerprint density at radius 3 is 2.82 bits per heavy atom. The molecular formula is C12H9Cl2N3. The van der Waals surface area contributed by atoms with Crippen molar-refractivity contribution in [2.24, 2.45) is 0 Å². The zero-order valence-corrected chi connectivity index (χ0v) is 10.3. The number of imidazole rings is 1. The van der Waals surface area contributed by atoms with Gasteiger partial charge in [-0.2, -0.15) is 0 Å². The third kappa shape index (κ3) is 1.92. The average Bonchev–Trinajstić information content (AvgIpc) is 2.76. The lowest BCUT2D eigenvalue weighted by molar-refractivity contribution is 0.832. The molecule has 3 rings (SSSR count). The summed E-state index contributed by atoms with van der Waals surface area (Å²) in [5.41, 5.74) is 2.97. The van der Waals surface area contributed by atoms with Gasteiger partial charge in [0.2, 0.25) is 0 Å². The maximum Gasteiger partial charge on any atom is 0.138 e. The molecule has 0 unspecified atom stereocenters. The number of hydrogen-bond donors (Lipinski definition) is 2. The Labute approximate surface area is 108 Å². The Morgan fingerprint density at radius 2 is 2.06 bits per heavy atom. The molecule has 0 amide bonds. The zero-order valence-electron chi connectivity index (χ0n) is 8.80. The predicted octanol–water partition coefficient (Wildman–Crippen LogP) is 3.46. The summed E-state index contributed by atoms with van der Waals surface area (Å²) in [5.74, 6) is 0.807. The van der Waals surface area contributed by atoms with E-state index in [9.17, 15) is 0 Å². The second kappa shape index (κ2) is 4.09. The van der Waals surface area contributed by atoms with Gasteiger partial charge in [0.1, 0.15) is 5.82 Å². The van der Waals surface area contributed by atoms with Gasteiger partial charge in [0, 0.05) is 5.56 Å². The molecule has 2 heterocycles. The van der Waals surface area contributed by atoms with Gasteiger partial charge in [-0.05, 0) is 30.5 Å². The van der Waals surface area contributed by atoms with Gasteiger partial charge in [-0.1, -0.05) is 23.2 Å². The first-order valence-electron chi connectivity index (χ1n) is 5.18. The minimum Gasteiger partial charge on any atom is -0.385 e. The van der Waals surface area contributed by atoms with Crippen LogP contribution in [-0.4, -0.2) is 9.97 Å². The van der Waals surface area contributed by atoms with Crippen molar-refractivity contribution in [3.63, 3.8) is 0 Å². The maximum atomic E-state index is 5.99. The summed E-state index contributed by atoms with van der Waals surface area (Å²) in [6.07, 6.45) is 3.87. The normalized spacial score (nSPS) is 13.3. The van der Waals surface area contributed by atoms with Crippen LogP contribution in [0.25, 0.3) is 17.5 Å². The molecule has 0 saturated heterocycles. The third-order valence-electron chi connectivity index (χ3n) is 2.64. The summed E-state index contributed by atoms with van der Waals surface area (Å²) < 4.78 is 0. The fourth-order valence-corrected chi connectivity index (χ4v) is 2.07. The van der Waals surface area contributed by atoms with Crippen LogP contribution in [0.3, 0.4) is 0 Å². The van der Waals surface area contributed by atoms with E-state index >= 15 is 0 Å². The number of benzene rings is 1. The highest BCUT2D eigenvalue weighted by atomic mass is 35.5. The van der Waals surface area contributed by atoms with E-state index in [0.29, 0.717) is 10.0 Å². The van der Waals surface area contributed by atoms with Crippen LogP contribution in [0.1, 0.15) is 11.4 Å². The van der Waals surface area contributed by atoms with Crippen LogP contribution >= 0.6 is 23.2 Å². The standard InChI is InChI=1S/C12H9Cl2N3/c13-8-2-1-7(5-9(8)14)12-16-10-3-4-15-6-11(10)17-12/h1-5,15H,6H2,(H,16,17). The van der Waals surface area contributed by atoms with E-state index in [1.54, 1.807) is 6.07 Å². The Kier molecular flexibility index (Phi) is 2.57. The first kappa shape index (κ1) is 10.7. The predicted molar refractivity (Wildman–Crippen MR) is 69.9 cm³/mol. The molecular weight excluding hydrogens is 257 g/mol. The maximum absolute atomic E-state index is 5.99. The van der Waals surface area contributed by atoms with Crippen molar-refractivity contribution in [3.05, 3.63) is 45.8 Å². The Morgan fingerprint density at radius 1 is 1.18 bits per heavy atom. The highest BCUT2D eigenvalue weighted by Crippen LogP contribution is 2.28. The topological polar surface area (TPSA) is 40.7 Å². The minimum atomic E-state index is 0.534. The lowest BCUT2D eigenvalue weighted by atomic mass is 10.2. The van der Waals surface area contributed by atoms with E-state index in [-0.39, 0.29) is 0 Å². The Bertz CT molecular complexity index is 602. The van der Waals surface area contributed by atoms with Gasteiger partial charge in [0.25, 0.3) is 0 Å². The molecule has 2 N–H and O–H groups in total. The van der Waals surface area contributed by atoms with Crippen LogP contribution in [0.15, 0.2) is 24.4 Å². The SMILES string of the molecule is Clc1ccc(-c2nc3c([nH]2)C=CNC3)cc1Cl. The van der Waals surface area contributed by atoms with Crippen molar-refractivity contribution in [2.75, 3.05) is 0 Å². The van der Waals surface area contributed by atoms with Gasteiger partial charge >= 0.3 is 0 Å². The van der Waals surface area contributed by atoms with Crippen LogP contribution in [0.5, 0.6) is 0 Å². The average molecular weight is 266 g/mol. The highest BCUT2D eigenvalue weighted by Gasteiger charge is 2.12. The van der Waals surface area contributed by atoms with Gasteiger partial charge in [-0.3, -0.25) is 0 Å². The monoisotopic (exact) mass is 265 g/mol. The number of hydrogen-bond acceptors (Lipinski definition) is 2. The molecule has 1 aliphatic rings. The molecule has 0 fully saturated rings. The molecule has 1 aromatic heterocycles. The van der Waals surface area contributed by atoms with Gasteiger partial charge in [-0.15, -0.1) is 0 Å². The smallest absolute Gasteiger partial charge is 0.138 e. The van der Waals surface area contributed by atoms with Gasteiger partial charge in [-0.25, -0.2) is 4.98 Å². The number of rotatable bonds is 1. The number of halogens is 2. The highest BCUT2D eigenvalue weighted by molar-refractivity contribution is 6.42. The van der Waals surface area contributed by atoms with Crippen LogP contribution in [-0.2, 0) is 6.54 Å². The first-order chi connectivity index (χ1) is 8.24. The van der Waals surface area contributed by atoms with E-state index in [0.717, 1.165) is 29.3 Å². The lowest BCUT2D eigenvalue weighted by Gasteiger charge is -2.03. The van der Waals surface area contributed by atoms with Crippen LogP contribution in [0, 0.1) is 0 Å². The van der Waals surface area contributed by atoms with Crippen molar-refractivity contribution in [1.29, 1.82) is 0 Å². The molecule has 2 aromatic rings. The van der Waals surface area contributed by atoms with Gasteiger partial charge < -0.3 is 10.3 Å². The number of fused-ring (bicyclic) bond motifs is 1. The number of nitrogens with one attached hydrogen (secondary N) is 2. The summed E-state index contributed by atoms with van der Waals surface area (Å²) in [4.78, 5) is 7.78.